The van der Waals surface area contributed by atoms with Gasteiger partial charge >= 0.3 is 0 Å². The molecule has 75 heavy (non-hydrogen) atoms. The first-order chi connectivity index (χ1) is 36.4. The number of anilines is 3. The summed E-state index contributed by atoms with van der Waals surface area (Å²) in [4.78, 5) is 2.44. The molecule has 0 saturated heterocycles. The molecule has 0 bridgehead atoms. The molecule has 2 heteroatoms. The summed E-state index contributed by atoms with van der Waals surface area (Å²) in [6, 6.07) is 92.6. The van der Waals surface area contributed by atoms with Crippen LogP contribution in [0, 0.1) is 0 Å². The van der Waals surface area contributed by atoms with Gasteiger partial charge in [-0.15, -0.1) is 0 Å². The van der Waals surface area contributed by atoms with Gasteiger partial charge in [-0.1, -0.05) is 230 Å². The summed E-state index contributed by atoms with van der Waals surface area (Å²) in [6.07, 6.45) is 0. The second kappa shape index (κ2) is 17.7. The Kier molecular flexibility index (Phi) is 10.9. The third kappa shape index (κ3) is 7.87. The van der Waals surface area contributed by atoms with Gasteiger partial charge in [-0.2, -0.15) is 0 Å². The van der Waals surface area contributed by atoms with Gasteiger partial charge in [0.25, 0.3) is 0 Å². The van der Waals surface area contributed by atoms with Crippen molar-refractivity contribution in [2.24, 2.45) is 0 Å². The second-order valence-corrected chi connectivity index (χ2v) is 22.5. The van der Waals surface area contributed by atoms with Crippen molar-refractivity contribution in [2.45, 2.75) is 57.8 Å². The lowest BCUT2D eigenvalue weighted by molar-refractivity contribution is 0.585. The number of hydrogen-bond acceptors (Lipinski definition) is 2. The molecule has 0 N–H and O–H groups in total. The Labute approximate surface area is 441 Å². The molecule has 0 spiro atoms. The highest BCUT2D eigenvalue weighted by Crippen LogP contribution is 2.59. The van der Waals surface area contributed by atoms with E-state index in [1.54, 1.807) is 0 Å². The smallest absolute Gasteiger partial charge is 0.136 e. The topological polar surface area (TPSA) is 16.4 Å². The molecule has 0 unspecified atom stereocenters. The van der Waals surface area contributed by atoms with E-state index in [1.807, 2.05) is 12.1 Å². The van der Waals surface area contributed by atoms with Crippen LogP contribution in [0.2, 0.25) is 0 Å². The zero-order valence-corrected chi connectivity index (χ0v) is 43.5. The number of hydrogen-bond donors (Lipinski definition) is 0. The number of nitrogens with zero attached hydrogens (tertiary/aromatic N) is 1. The van der Waals surface area contributed by atoms with Gasteiger partial charge in [0.05, 0.1) is 5.41 Å². The van der Waals surface area contributed by atoms with E-state index in [0.717, 1.165) is 50.1 Å². The van der Waals surface area contributed by atoms with E-state index in [-0.39, 0.29) is 10.8 Å². The Morgan fingerprint density at radius 2 is 0.853 bits per heavy atom. The molecular formula is C73H59NO. The predicted octanol–water partition coefficient (Wildman–Crippen LogP) is 20.2. The van der Waals surface area contributed by atoms with Crippen molar-refractivity contribution in [2.75, 3.05) is 4.90 Å². The molecule has 362 valence electrons. The molecule has 11 aromatic carbocycles. The lowest BCUT2D eigenvalue weighted by atomic mass is 9.66. The maximum Gasteiger partial charge on any atom is 0.136 e. The minimum absolute atomic E-state index is 0.0680. The van der Waals surface area contributed by atoms with E-state index in [0.29, 0.717) is 0 Å². The normalized spacial score (nSPS) is 13.0. The Morgan fingerprint density at radius 1 is 0.320 bits per heavy atom. The van der Waals surface area contributed by atoms with E-state index >= 15 is 0 Å². The minimum atomic E-state index is -0.664. The first-order valence-corrected chi connectivity index (χ1v) is 26.4. The Morgan fingerprint density at radius 3 is 1.53 bits per heavy atom. The minimum Gasteiger partial charge on any atom is -0.456 e. The Hall–Kier alpha value is -8.72. The molecule has 1 heterocycles. The maximum absolute atomic E-state index is 6.36. The molecular weight excluding hydrogens is 907 g/mol. The van der Waals surface area contributed by atoms with Gasteiger partial charge in [-0.05, 0) is 160 Å². The predicted molar refractivity (Wildman–Crippen MR) is 317 cm³/mol. The molecule has 0 atom stereocenters. The lowest BCUT2D eigenvalue weighted by Gasteiger charge is -2.37. The van der Waals surface area contributed by atoms with Crippen molar-refractivity contribution in [3.63, 3.8) is 0 Å². The van der Waals surface area contributed by atoms with Gasteiger partial charge in [0.2, 0.25) is 0 Å². The Balaban J connectivity index is 1.04. The summed E-state index contributed by atoms with van der Waals surface area (Å²) in [6.45, 7) is 14.0. The summed E-state index contributed by atoms with van der Waals surface area (Å²) in [5, 5.41) is 4.76. The molecule has 0 aliphatic heterocycles. The third-order valence-corrected chi connectivity index (χ3v) is 15.9. The zero-order valence-electron chi connectivity index (χ0n) is 43.5. The van der Waals surface area contributed by atoms with Crippen LogP contribution in [0.3, 0.4) is 0 Å². The zero-order chi connectivity index (χ0) is 51.1. The quantitative estimate of drug-likeness (QED) is 0.151. The average Bonchev–Trinajstić information content (AvgIpc) is 4.16. The molecule has 0 amide bonds. The molecule has 2 nitrogen and oxygen atoms in total. The van der Waals surface area contributed by atoms with Crippen LogP contribution < -0.4 is 4.90 Å². The molecule has 0 fully saturated rings. The number of fused-ring (bicyclic) bond motifs is 7. The van der Waals surface area contributed by atoms with Crippen LogP contribution in [-0.4, -0.2) is 0 Å². The first-order valence-electron chi connectivity index (χ1n) is 26.4. The fourth-order valence-electron chi connectivity index (χ4n) is 11.9. The molecule has 0 saturated carbocycles. The molecule has 12 aromatic rings. The third-order valence-electron chi connectivity index (χ3n) is 15.9. The van der Waals surface area contributed by atoms with Gasteiger partial charge in [-0.3, -0.25) is 0 Å². The van der Waals surface area contributed by atoms with Gasteiger partial charge < -0.3 is 9.32 Å². The number of benzene rings is 11. The van der Waals surface area contributed by atoms with Crippen LogP contribution in [0.4, 0.5) is 17.1 Å². The highest BCUT2D eigenvalue weighted by Gasteiger charge is 2.47. The van der Waals surface area contributed by atoms with Gasteiger partial charge in [0.15, 0.2) is 0 Å². The highest BCUT2D eigenvalue weighted by atomic mass is 16.3. The standard InChI is InChI=1S/C73H59NO/c1-71(2,3)54-21-15-23-56(45-54)73(57-24-16-22-55(46-57)72(4,5)6)67-42-34-53(62-27-14-20-51-19-10-11-25-61(51)62)43-66(67)63-41-39-60(47-68(63)73)74(58-35-29-49(30-36-58)48-17-8-7-9-18-48)59-37-31-50(32-38-59)52-33-40-65-64-26-12-13-28-69(64)75-70(65)44-52/h7-47H,1-6H3. The van der Waals surface area contributed by atoms with Gasteiger partial charge in [0.1, 0.15) is 11.2 Å². The summed E-state index contributed by atoms with van der Waals surface area (Å²) in [5.41, 5.74) is 21.5. The van der Waals surface area contributed by atoms with E-state index in [2.05, 4.69) is 283 Å². The number of rotatable bonds is 8. The fourth-order valence-corrected chi connectivity index (χ4v) is 11.9. The molecule has 1 aliphatic carbocycles. The molecule has 0 radical (unpaired) electrons. The first kappa shape index (κ1) is 46.1. The summed E-state index contributed by atoms with van der Waals surface area (Å²) < 4.78 is 6.36. The second-order valence-electron chi connectivity index (χ2n) is 22.5. The van der Waals surface area contributed by atoms with Crippen LogP contribution in [0.25, 0.3) is 77.2 Å². The van der Waals surface area contributed by atoms with Crippen LogP contribution in [0.15, 0.2) is 253 Å². The van der Waals surface area contributed by atoms with Gasteiger partial charge in [-0.25, -0.2) is 0 Å². The molecule has 1 aromatic heterocycles. The fraction of sp³-hybridized carbons (Fsp3) is 0.123. The lowest BCUT2D eigenvalue weighted by Crippen LogP contribution is -2.30. The van der Waals surface area contributed by atoms with Crippen molar-refractivity contribution in [1.82, 2.24) is 0 Å². The summed E-state index contributed by atoms with van der Waals surface area (Å²) >= 11 is 0. The monoisotopic (exact) mass is 965 g/mol. The van der Waals surface area contributed by atoms with E-state index in [9.17, 15) is 0 Å². The van der Waals surface area contributed by atoms with E-state index in [4.69, 9.17) is 4.42 Å². The summed E-state index contributed by atoms with van der Waals surface area (Å²) in [5.74, 6) is 0. The van der Waals surface area contributed by atoms with Crippen molar-refractivity contribution >= 4 is 49.8 Å². The van der Waals surface area contributed by atoms with Crippen molar-refractivity contribution in [1.29, 1.82) is 0 Å². The van der Waals surface area contributed by atoms with Crippen molar-refractivity contribution in [3.8, 4) is 44.5 Å². The van der Waals surface area contributed by atoms with E-state index < -0.39 is 5.41 Å². The largest absolute Gasteiger partial charge is 0.456 e. The van der Waals surface area contributed by atoms with Crippen LogP contribution in [-0.2, 0) is 16.2 Å². The van der Waals surface area contributed by atoms with E-state index in [1.165, 1.54) is 77.5 Å². The van der Waals surface area contributed by atoms with Crippen LogP contribution in [0.5, 0.6) is 0 Å². The highest BCUT2D eigenvalue weighted by molar-refractivity contribution is 6.06. The van der Waals surface area contributed by atoms with Gasteiger partial charge in [0, 0.05) is 27.8 Å². The Bertz CT molecular complexity index is 4060. The molecule has 1 aliphatic rings. The molecule has 13 rings (SSSR count). The SMILES string of the molecule is CC(C)(C)c1cccc(C2(c3cccc(C(C)(C)C)c3)c3ccc(-c4cccc5ccccc45)cc3-c3ccc(N(c4ccc(-c5ccccc5)cc4)c4ccc(-c5ccc6c(c5)oc5ccccc56)cc4)cc32)c1. The number of furan rings is 1. The summed E-state index contributed by atoms with van der Waals surface area (Å²) in [7, 11) is 0. The van der Waals surface area contributed by atoms with Crippen LogP contribution in [0.1, 0.15) is 74.9 Å². The maximum atomic E-state index is 6.36. The average molecular weight is 966 g/mol. The number of para-hydroxylation sites is 1. The van der Waals surface area contributed by atoms with Crippen molar-refractivity contribution < 1.29 is 4.42 Å². The van der Waals surface area contributed by atoms with Crippen LogP contribution >= 0.6 is 0 Å². The van der Waals surface area contributed by atoms with Crippen molar-refractivity contribution in [3.05, 3.63) is 282 Å².